The zero-order valence-corrected chi connectivity index (χ0v) is 36.6. The van der Waals surface area contributed by atoms with E-state index < -0.39 is 111 Å². The van der Waals surface area contributed by atoms with Gasteiger partial charge >= 0.3 is 0 Å². The molecule has 0 aromatic carbocycles. The molecule has 0 amide bonds. The van der Waals surface area contributed by atoms with Crippen LogP contribution < -0.4 is 0 Å². The Kier molecular flexibility index (Phi) is 12.9. The topological polar surface area (TPSA) is 256 Å². The maximum atomic E-state index is 11.4. The third kappa shape index (κ3) is 7.49. The maximum absolute atomic E-state index is 11.4. The van der Waals surface area contributed by atoms with E-state index in [0.717, 1.165) is 45.1 Å². The van der Waals surface area contributed by atoms with Crippen molar-refractivity contribution in [1.29, 1.82) is 0 Å². The Morgan fingerprint density at radius 2 is 1.32 bits per heavy atom. The van der Waals surface area contributed by atoms with Crippen LogP contribution in [0.4, 0.5) is 0 Å². The molecule has 5 aliphatic heterocycles. The molecule has 0 bridgehead atoms. The van der Waals surface area contributed by atoms with Gasteiger partial charge in [0.1, 0.15) is 67.1 Å². The van der Waals surface area contributed by atoms with Crippen LogP contribution in [0, 0.1) is 46.3 Å². The molecule has 5 saturated heterocycles. The molecule has 0 aromatic heterocycles. The smallest absolute Gasteiger partial charge is 0.187 e. The van der Waals surface area contributed by atoms with Gasteiger partial charge in [-0.2, -0.15) is 0 Å². The van der Waals surface area contributed by atoms with Gasteiger partial charge in [-0.25, -0.2) is 0 Å². The number of allylic oxidation sites excluding steroid dienone is 1. The predicted molar refractivity (Wildman–Crippen MR) is 214 cm³/mol. The van der Waals surface area contributed by atoms with Crippen LogP contribution >= 0.6 is 0 Å². The van der Waals surface area contributed by atoms with Crippen LogP contribution in [-0.4, -0.2) is 176 Å². The van der Waals surface area contributed by atoms with E-state index >= 15 is 0 Å². The summed E-state index contributed by atoms with van der Waals surface area (Å²) in [6.07, 6.45) is -11.2. The number of aliphatic hydroxyl groups is 9. The molecule has 17 heteroatoms. The molecule has 17 nitrogen and oxygen atoms in total. The minimum Gasteiger partial charge on any atom is -0.394 e. The summed E-state index contributed by atoms with van der Waals surface area (Å²) < 4.78 is 48.8. The molecule has 0 radical (unpaired) electrons. The Morgan fingerprint density at radius 1 is 0.677 bits per heavy atom. The Balaban J connectivity index is 0.807. The van der Waals surface area contributed by atoms with Crippen molar-refractivity contribution in [1.82, 2.24) is 0 Å². The molecule has 26 atom stereocenters. The van der Waals surface area contributed by atoms with Crippen molar-refractivity contribution in [2.24, 2.45) is 46.3 Å². The van der Waals surface area contributed by atoms with E-state index in [1.165, 1.54) is 25.3 Å². The highest BCUT2D eigenvalue weighted by molar-refractivity contribution is 5.26. The first-order valence-corrected chi connectivity index (χ1v) is 23.4. The van der Waals surface area contributed by atoms with E-state index in [1.807, 2.05) is 0 Å². The third-order valence-electron chi connectivity index (χ3n) is 17.7. The fourth-order valence-corrected chi connectivity index (χ4v) is 14.1. The Hall–Kier alpha value is -0.940. The number of hydrogen-bond donors (Lipinski definition) is 9. The largest absolute Gasteiger partial charge is 0.394 e. The molecule has 26 unspecified atom stereocenters. The molecule has 8 fully saturated rings. The molecule has 5 heterocycles. The van der Waals surface area contributed by atoms with Crippen molar-refractivity contribution in [3.8, 4) is 0 Å². The van der Waals surface area contributed by atoms with Gasteiger partial charge in [-0.05, 0) is 98.7 Å². The van der Waals surface area contributed by atoms with Gasteiger partial charge in [0, 0.05) is 12.3 Å². The summed E-state index contributed by atoms with van der Waals surface area (Å²) in [5, 5.41) is 95.5. The maximum Gasteiger partial charge on any atom is 0.187 e. The van der Waals surface area contributed by atoms with Crippen LogP contribution in [0.15, 0.2) is 11.6 Å². The van der Waals surface area contributed by atoms with Crippen molar-refractivity contribution < 1.29 is 83.9 Å². The highest BCUT2D eigenvalue weighted by atomic mass is 16.8. The van der Waals surface area contributed by atoms with Gasteiger partial charge in [0.05, 0.1) is 38.1 Å². The average molecular weight is 885 g/mol. The summed E-state index contributed by atoms with van der Waals surface area (Å²) in [5.41, 5.74) is 1.62. The van der Waals surface area contributed by atoms with E-state index in [9.17, 15) is 46.0 Å². The number of aliphatic hydroxyl groups excluding tert-OH is 9. The molecule has 4 aliphatic carbocycles. The fraction of sp³-hybridized carbons (Fsp3) is 0.956. The van der Waals surface area contributed by atoms with Crippen LogP contribution in [0.1, 0.15) is 92.4 Å². The van der Waals surface area contributed by atoms with Gasteiger partial charge < -0.3 is 83.9 Å². The van der Waals surface area contributed by atoms with Crippen LogP contribution in [-0.2, 0) is 37.9 Å². The lowest BCUT2D eigenvalue weighted by molar-refractivity contribution is -0.377. The normalized spacial score (nSPS) is 57.6. The number of ether oxygens (including phenoxy) is 8. The van der Waals surface area contributed by atoms with Crippen LogP contribution in [0.25, 0.3) is 0 Å². The van der Waals surface area contributed by atoms with Crippen molar-refractivity contribution in [2.75, 3.05) is 19.8 Å². The first kappa shape index (κ1) is 46.2. The zero-order chi connectivity index (χ0) is 44.2. The van der Waals surface area contributed by atoms with E-state index in [-0.39, 0.29) is 23.0 Å². The Morgan fingerprint density at radius 3 is 2.02 bits per heavy atom. The molecule has 9 N–H and O–H groups in total. The summed E-state index contributed by atoms with van der Waals surface area (Å²) in [6, 6.07) is 0. The second kappa shape index (κ2) is 17.3. The molecule has 354 valence electrons. The van der Waals surface area contributed by atoms with Crippen molar-refractivity contribution in [3.63, 3.8) is 0 Å². The molecule has 62 heavy (non-hydrogen) atoms. The summed E-state index contributed by atoms with van der Waals surface area (Å²) in [7, 11) is 0. The first-order valence-electron chi connectivity index (χ1n) is 23.4. The van der Waals surface area contributed by atoms with Crippen LogP contribution in [0.5, 0.6) is 0 Å². The molecule has 9 rings (SSSR count). The predicted octanol–water partition coefficient (Wildman–Crippen LogP) is 0.214. The third-order valence-corrected chi connectivity index (χ3v) is 17.7. The van der Waals surface area contributed by atoms with Crippen molar-refractivity contribution in [2.45, 2.75) is 203 Å². The van der Waals surface area contributed by atoms with E-state index in [4.69, 9.17) is 37.9 Å². The standard InChI is InChI=1S/C45H72O17/c1-19-8-13-45(55-18-19)20(2)30-27(62-45)15-26-24-7-6-22-14-23(9-11-43(22,4)25(24)10-12-44(26,30)5)57-41-37(54)34(51)39(29(17-47)59-41)61-40-36(53)33(50)38(21(3)56-40)60-42-35(52)32(49)31(48)28(16-46)58-42/h6,19-21,23-42,46-54H,7-18H2,1-5H3. The van der Waals surface area contributed by atoms with E-state index in [0.29, 0.717) is 41.9 Å². The molecular weight excluding hydrogens is 812 g/mol. The lowest BCUT2D eigenvalue weighted by Crippen LogP contribution is -2.66. The SMILES string of the molecule is CC1CCC2(OC1)OC1CC3C4CC=C5CC(OC6OC(CO)C(OC7OC(C)C(OC8OC(CO)C(O)C(O)C8O)C(O)C7O)C(O)C6O)CCC5(C)C4CCC3(C)C1C2C. The van der Waals surface area contributed by atoms with E-state index in [2.05, 4.69) is 33.8 Å². The van der Waals surface area contributed by atoms with Crippen molar-refractivity contribution in [3.05, 3.63) is 11.6 Å². The lowest BCUT2D eigenvalue weighted by atomic mass is 9.47. The van der Waals surface area contributed by atoms with Gasteiger partial charge in [0.15, 0.2) is 24.7 Å². The molecule has 0 aromatic rings. The molecule has 9 aliphatic rings. The molecular formula is C45H72O17. The van der Waals surface area contributed by atoms with Crippen LogP contribution in [0.2, 0.25) is 0 Å². The number of fused-ring (bicyclic) bond motifs is 7. The minimum atomic E-state index is -1.80. The number of hydrogen-bond acceptors (Lipinski definition) is 17. The van der Waals surface area contributed by atoms with Crippen molar-refractivity contribution >= 4 is 0 Å². The quantitative estimate of drug-likeness (QED) is 0.148. The first-order chi connectivity index (χ1) is 29.4. The number of rotatable bonds is 8. The Bertz CT molecular complexity index is 1610. The van der Waals surface area contributed by atoms with Gasteiger partial charge in [0.25, 0.3) is 0 Å². The second-order valence-electron chi connectivity index (χ2n) is 21.1. The highest BCUT2D eigenvalue weighted by Crippen LogP contribution is 2.70. The summed E-state index contributed by atoms with van der Waals surface area (Å²) >= 11 is 0. The minimum absolute atomic E-state index is 0.0255. The highest BCUT2D eigenvalue weighted by Gasteiger charge is 2.69. The second-order valence-corrected chi connectivity index (χ2v) is 21.1. The van der Waals surface area contributed by atoms with Crippen LogP contribution in [0.3, 0.4) is 0 Å². The van der Waals surface area contributed by atoms with Gasteiger partial charge in [-0.15, -0.1) is 0 Å². The fourth-order valence-electron chi connectivity index (χ4n) is 14.1. The monoisotopic (exact) mass is 884 g/mol. The van der Waals surface area contributed by atoms with Gasteiger partial charge in [-0.1, -0.05) is 39.3 Å². The Labute approximate surface area is 363 Å². The molecule has 1 spiro atoms. The summed E-state index contributed by atoms with van der Waals surface area (Å²) in [5.74, 6) is 2.77. The van der Waals surface area contributed by atoms with E-state index in [1.54, 1.807) is 0 Å². The van der Waals surface area contributed by atoms with Gasteiger partial charge in [0.2, 0.25) is 0 Å². The average Bonchev–Trinajstić information content (AvgIpc) is 3.70. The zero-order valence-electron chi connectivity index (χ0n) is 36.6. The van der Waals surface area contributed by atoms with Gasteiger partial charge in [-0.3, -0.25) is 0 Å². The molecule has 3 saturated carbocycles. The lowest BCUT2D eigenvalue weighted by Gasteiger charge is -2.58. The summed E-state index contributed by atoms with van der Waals surface area (Å²) in [6.45, 7) is 10.6. The summed E-state index contributed by atoms with van der Waals surface area (Å²) in [4.78, 5) is 0.